The van der Waals surface area contributed by atoms with Gasteiger partial charge >= 0.3 is 0 Å². The molecule has 32 heavy (non-hydrogen) atoms. The van der Waals surface area contributed by atoms with Gasteiger partial charge in [0.2, 0.25) is 0 Å². The molecule has 170 valence electrons. The van der Waals surface area contributed by atoms with Crippen molar-refractivity contribution in [3.8, 4) is 0 Å². The van der Waals surface area contributed by atoms with Gasteiger partial charge in [0.15, 0.2) is 0 Å². The first-order valence-corrected chi connectivity index (χ1v) is 11.8. The fraction of sp³-hybridized carbons (Fsp3) is 0.385. The zero-order valence-electron chi connectivity index (χ0n) is 18.9. The standard InChI is InChI=1S/C26H31FN2O2S/c1-17(20-11-15-23(27)16-12-20)28-19(3)32-26(4,18(2)30)22-13-9-21(10-14-22)25(31)29-24-7-5-6-8-24/h9-17,24,28H,3,5-8H2,1-2,4H3,(H,29,31)/t17-,26?/m0/s1. The number of benzene rings is 2. The Morgan fingerprint density at radius 1 is 1.09 bits per heavy atom. The molecular weight excluding hydrogens is 423 g/mol. The van der Waals surface area contributed by atoms with Crippen molar-refractivity contribution >= 4 is 23.5 Å². The second-order valence-electron chi connectivity index (χ2n) is 8.56. The molecule has 0 heterocycles. The number of rotatable bonds is 9. The number of carbonyl (C=O) groups is 2. The molecule has 0 aromatic heterocycles. The van der Waals surface area contributed by atoms with E-state index >= 15 is 0 Å². The average Bonchev–Trinajstić information content (AvgIpc) is 3.27. The first-order valence-electron chi connectivity index (χ1n) is 11.0. The molecule has 6 heteroatoms. The van der Waals surface area contributed by atoms with E-state index in [9.17, 15) is 14.0 Å². The highest BCUT2D eigenvalue weighted by Crippen LogP contribution is 2.41. The van der Waals surface area contributed by atoms with Crippen LogP contribution in [0.25, 0.3) is 0 Å². The summed E-state index contributed by atoms with van der Waals surface area (Å²) in [5.74, 6) is -0.360. The van der Waals surface area contributed by atoms with E-state index in [1.165, 1.54) is 23.9 Å². The van der Waals surface area contributed by atoms with Crippen LogP contribution in [0.3, 0.4) is 0 Å². The van der Waals surface area contributed by atoms with E-state index < -0.39 is 4.75 Å². The number of nitrogens with one attached hydrogen (secondary N) is 2. The monoisotopic (exact) mass is 454 g/mol. The average molecular weight is 455 g/mol. The summed E-state index contributed by atoms with van der Waals surface area (Å²) in [4.78, 5) is 25.2. The molecule has 2 N–H and O–H groups in total. The Morgan fingerprint density at radius 2 is 1.69 bits per heavy atom. The number of thioether (sulfide) groups is 1. The maximum atomic E-state index is 13.2. The zero-order chi connectivity index (χ0) is 23.3. The molecule has 2 aromatic carbocycles. The topological polar surface area (TPSA) is 58.2 Å². The molecule has 1 fully saturated rings. The summed E-state index contributed by atoms with van der Waals surface area (Å²) in [6, 6.07) is 13.7. The number of Topliss-reactive ketones (excluding diaryl/α,β-unsaturated/α-hetero) is 1. The molecule has 1 unspecified atom stereocenters. The molecule has 0 radical (unpaired) electrons. The van der Waals surface area contributed by atoms with Gasteiger partial charge in [0, 0.05) is 17.6 Å². The summed E-state index contributed by atoms with van der Waals surface area (Å²) < 4.78 is 12.3. The van der Waals surface area contributed by atoms with Gasteiger partial charge in [0.1, 0.15) is 16.3 Å². The zero-order valence-corrected chi connectivity index (χ0v) is 19.7. The van der Waals surface area contributed by atoms with Crippen molar-refractivity contribution in [1.82, 2.24) is 10.6 Å². The van der Waals surface area contributed by atoms with Gasteiger partial charge in [-0.05, 0) is 69.0 Å². The maximum absolute atomic E-state index is 13.2. The Kier molecular flexibility index (Phi) is 7.77. The van der Waals surface area contributed by atoms with Crippen molar-refractivity contribution in [3.63, 3.8) is 0 Å². The molecular formula is C26H31FN2O2S. The lowest BCUT2D eigenvalue weighted by atomic mass is 9.95. The summed E-state index contributed by atoms with van der Waals surface area (Å²) in [7, 11) is 0. The minimum Gasteiger partial charge on any atom is -0.374 e. The van der Waals surface area contributed by atoms with Gasteiger partial charge in [-0.2, -0.15) is 0 Å². The highest BCUT2D eigenvalue weighted by Gasteiger charge is 2.34. The molecule has 0 aliphatic heterocycles. The number of amides is 1. The SMILES string of the molecule is C=C(N[C@@H](C)c1ccc(F)cc1)SC(C)(C(C)=O)c1ccc(C(=O)NC2CCCC2)cc1. The van der Waals surface area contributed by atoms with Gasteiger partial charge in [0.05, 0.1) is 5.03 Å². The number of carbonyl (C=O) groups excluding carboxylic acids is 2. The van der Waals surface area contributed by atoms with E-state index in [-0.39, 0.29) is 29.6 Å². The predicted molar refractivity (Wildman–Crippen MR) is 129 cm³/mol. The largest absolute Gasteiger partial charge is 0.374 e. The molecule has 1 amide bonds. The molecule has 1 saturated carbocycles. The van der Waals surface area contributed by atoms with Gasteiger partial charge in [-0.15, -0.1) is 0 Å². The minimum atomic E-state index is -0.854. The van der Waals surface area contributed by atoms with Gasteiger partial charge in [0.25, 0.3) is 5.91 Å². The van der Waals surface area contributed by atoms with Crippen molar-refractivity contribution in [2.45, 2.75) is 63.3 Å². The molecule has 3 rings (SSSR count). The smallest absolute Gasteiger partial charge is 0.251 e. The summed E-state index contributed by atoms with van der Waals surface area (Å²) in [6.45, 7) is 9.48. The fourth-order valence-electron chi connectivity index (χ4n) is 3.96. The van der Waals surface area contributed by atoms with Crippen LogP contribution in [0, 0.1) is 5.82 Å². The number of ketones is 1. The van der Waals surface area contributed by atoms with Crippen molar-refractivity contribution in [2.24, 2.45) is 0 Å². The van der Waals surface area contributed by atoms with E-state index in [4.69, 9.17) is 0 Å². The van der Waals surface area contributed by atoms with Gasteiger partial charge in [-0.1, -0.05) is 55.4 Å². The van der Waals surface area contributed by atoms with E-state index in [1.807, 2.05) is 26.0 Å². The Morgan fingerprint density at radius 3 is 2.25 bits per heavy atom. The molecule has 1 aliphatic rings. The number of hydrogen-bond acceptors (Lipinski definition) is 4. The highest BCUT2D eigenvalue weighted by atomic mass is 32.2. The normalized spacial score (nSPS) is 16.8. The summed E-state index contributed by atoms with van der Waals surface area (Å²) in [5.41, 5.74) is 2.33. The quantitative estimate of drug-likeness (QED) is 0.498. The molecule has 1 aliphatic carbocycles. The highest BCUT2D eigenvalue weighted by molar-refractivity contribution is 8.04. The van der Waals surface area contributed by atoms with Crippen molar-refractivity contribution in [1.29, 1.82) is 0 Å². The molecule has 4 nitrogen and oxygen atoms in total. The molecule has 0 saturated heterocycles. The second kappa shape index (κ2) is 10.3. The Bertz CT molecular complexity index is 968. The van der Waals surface area contributed by atoms with E-state index in [1.54, 1.807) is 31.2 Å². The van der Waals surface area contributed by atoms with Crippen molar-refractivity contribution < 1.29 is 14.0 Å². The molecule has 2 aromatic rings. The third-order valence-electron chi connectivity index (χ3n) is 6.13. The number of halogens is 1. The summed E-state index contributed by atoms with van der Waals surface area (Å²) in [5, 5.41) is 7.03. The van der Waals surface area contributed by atoms with Crippen LogP contribution < -0.4 is 10.6 Å². The van der Waals surface area contributed by atoms with Crippen LogP contribution in [0.15, 0.2) is 60.1 Å². The number of hydrogen-bond donors (Lipinski definition) is 2. The lowest BCUT2D eigenvalue weighted by molar-refractivity contribution is -0.119. The Hall–Kier alpha value is -2.60. The van der Waals surface area contributed by atoms with Crippen LogP contribution in [0.1, 0.15) is 74.0 Å². The molecule has 0 bridgehead atoms. The Labute approximate surface area is 194 Å². The van der Waals surface area contributed by atoms with Crippen LogP contribution in [0.5, 0.6) is 0 Å². The van der Waals surface area contributed by atoms with Crippen molar-refractivity contribution in [2.75, 3.05) is 0 Å². The van der Waals surface area contributed by atoms with Crippen LogP contribution in [-0.2, 0) is 9.54 Å². The van der Waals surface area contributed by atoms with Gasteiger partial charge in [-0.25, -0.2) is 4.39 Å². The summed E-state index contributed by atoms with van der Waals surface area (Å²) >= 11 is 1.35. The van der Waals surface area contributed by atoms with Crippen LogP contribution in [0.2, 0.25) is 0 Å². The van der Waals surface area contributed by atoms with Crippen molar-refractivity contribution in [3.05, 3.63) is 82.6 Å². The third-order valence-corrected chi connectivity index (χ3v) is 7.43. The summed E-state index contributed by atoms with van der Waals surface area (Å²) in [6.07, 6.45) is 4.40. The first kappa shape index (κ1) is 24.1. The first-order chi connectivity index (χ1) is 15.2. The predicted octanol–water partition coefficient (Wildman–Crippen LogP) is 5.86. The van der Waals surface area contributed by atoms with Crippen LogP contribution in [0.4, 0.5) is 4.39 Å². The second-order valence-corrected chi connectivity index (χ2v) is 10.1. The van der Waals surface area contributed by atoms with Crippen LogP contribution in [-0.4, -0.2) is 17.7 Å². The van der Waals surface area contributed by atoms with E-state index in [0.717, 1.165) is 36.8 Å². The molecule has 2 atom stereocenters. The van der Waals surface area contributed by atoms with Gasteiger partial charge in [-0.3, -0.25) is 9.59 Å². The van der Waals surface area contributed by atoms with Gasteiger partial charge < -0.3 is 10.6 Å². The van der Waals surface area contributed by atoms with Crippen LogP contribution >= 0.6 is 11.8 Å². The maximum Gasteiger partial charge on any atom is 0.251 e. The lowest BCUT2D eigenvalue weighted by Crippen LogP contribution is -2.33. The molecule has 0 spiro atoms. The fourth-order valence-corrected chi connectivity index (χ4v) is 5.09. The van der Waals surface area contributed by atoms with E-state index in [0.29, 0.717) is 10.6 Å². The Balaban J connectivity index is 1.68. The van der Waals surface area contributed by atoms with E-state index in [2.05, 4.69) is 17.2 Å². The minimum absolute atomic E-state index is 0.0111. The third kappa shape index (κ3) is 5.80. The lowest BCUT2D eigenvalue weighted by Gasteiger charge is -2.29.